The monoisotopic (exact) mass is 250 g/mol. The van der Waals surface area contributed by atoms with Gasteiger partial charge in [0, 0.05) is 24.8 Å². The summed E-state index contributed by atoms with van der Waals surface area (Å²) < 4.78 is 0. The molecule has 3 aromatic rings. The molecule has 0 unspecified atom stereocenters. The average Bonchev–Trinajstić information content (AvgIpc) is 2.48. The second kappa shape index (κ2) is 5.02. The van der Waals surface area contributed by atoms with Crippen molar-refractivity contribution < 1.29 is 0 Å². The smallest absolute Gasteiger partial charge is 0.129 e. The zero-order valence-corrected chi connectivity index (χ0v) is 10.7. The van der Waals surface area contributed by atoms with Crippen LogP contribution in [0.3, 0.4) is 0 Å². The fraction of sp³-hybridized carbons (Fsp3) is 0.133. The van der Waals surface area contributed by atoms with Crippen molar-refractivity contribution >= 4 is 16.7 Å². The number of para-hydroxylation sites is 1. The second-order valence-electron chi connectivity index (χ2n) is 4.41. The van der Waals surface area contributed by atoms with Crippen LogP contribution in [-0.4, -0.2) is 22.0 Å². The predicted molar refractivity (Wildman–Crippen MR) is 75.9 cm³/mol. The summed E-state index contributed by atoms with van der Waals surface area (Å²) in [6, 6.07) is 12.2. The van der Waals surface area contributed by atoms with Crippen molar-refractivity contribution in [1.29, 1.82) is 0 Å². The van der Waals surface area contributed by atoms with Gasteiger partial charge in [-0.2, -0.15) is 0 Å². The van der Waals surface area contributed by atoms with Crippen molar-refractivity contribution in [1.82, 2.24) is 15.0 Å². The molecule has 0 N–H and O–H groups in total. The molecule has 0 atom stereocenters. The Bertz CT molecular complexity index is 682. The number of anilines is 1. The van der Waals surface area contributed by atoms with E-state index in [4.69, 9.17) is 0 Å². The van der Waals surface area contributed by atoms with Crippen LogP contribution in [0.4, 0.5) is 5.82 Å². The summed E-state index contributed by atoms with van der Waals surface area (Å²) in [5.74, 6) is 0.935. The topological polar surface area (TPSA) is 41.9 Å². The number of rotatable bonds is 3. The number of aromatic nitrogens is 3. The van der Waals surface area contributed by atoms with Gasteiger partial charge in [-0.15, -0.1) is 0 Å². The minimum atomic E-state index is 0.694. The van der Waals surface area contributed by atoms with E-state index in [-0.39, 0.29) is 0 Å². The minimum Gasteiger partial charge on any atom is -0.354 e. The van der Waals surface area contributed by atoms with Gasteiger partial charge in [0.15, 0.2) is 0 Å². The molecule has 0 aliphatic rings. The zero-order chi connectivity index (χ0) is 13.1. The Kier molecular flexibility index (Phi) is 3.06. The van der Waals surface area contributed by atoms with E-state index < -0.39 is 0 Å². The summed E-state index contributed by atoms with van der Waals surface area (Å²) in [7, 11) is 2.01. The highest BCUT2D eigenvalue weighted by molar-refractivity contribution is 5.80. The maximum atomic E-state index is 4.65. The molecule has 2 heterocycles. The van der Waals surface area contributed by atoms with Gasteiger partial charge >= 0.3 is 0 Å². The highest BCUT2D eigenvalue weighted by Crippen LogP contribution is 2.17. The number of pyridine rings is 1. The number of fused-ring (bicyclic) bond motifs is 1. The van der Waals surface area contributed by atoms with Gasteiger partial charge in [-0.25, -0.2) is 4.98 Å². The fourth-order valence-electron chi connectivity index (χ4n) is 2.00. The van der Waals surface area contributed by atoms with E-state index in [1.54, 1.807) is 18.6 Å². The van der Waals surface area contributed by atoms with Gasteiger partial charge < -0.3 is 4.90 Å². The first-order valence-electron chi connectivity index (χ1n) is 6.15. The third-order valence-corrected chi connectivity index (χ3v) is 2.99. The summed E-state index contributed by atoms with van der Waals surface area (Å²) in [5.41, 5.74) is 1.94. The number of hydrogen-bond acceptors (Lipinski definition) is 4. The Morgan fingerprint density at radius 2 is 1.95 bits per heavy atom. The Balaban J connectivity index is 1.87. The minimum absolute atomic E-state index is 0.694. The van der Waals surface area contributed by atoms with Gasteiger partial charge in [-0.05, 0) is 18.2 Å². The Morgan fingerprint density at radius 3 is 2.79 bits per heavy atom. The van der Waals surface area contributed by atoms with Crippen molar-refractivity contribution in [3.05, 3.63) is 60.7 Å². The lowest BCUT2D eigenvalue weighted by Crippen LogP contribution is -2.18. The number of hydrogen-bond donors (Lipinski definition) is 0. The first-order valence-corrected chi connectivity index (χ1v) is 6.15. The third kappa shape index (κ3) is 2.52. The first-order chi connectivity index (χ1) is 9.33. The normalized spacial score (nSPS) is 10.6. The van der Waals surface area contributed by atoms with Crippen LogP contribution in [0.2, 0.25) is 0 Å². The van der Waals surface area contributed by atoms with Crippen LogP contribution in [-0.2, 0) is 6.54 Å². The molecule has 4 heteroatoms. The van der Waals surface area contributed by atoms with E-state index in [9.17, 15) is 0 Å². The molecule has 0 aliphatic heterocycles. The van der Waals surface area contributed by atoms with E-state index in [0.717, 1.165) is 22.4 Å². The van der Waals surface area contributed by atoms with Gasteiger partial charge in [0.25, 0.3) is 0 Å². The molecule has 0 amide bonds. The van der Waals surface area contributed by atoms with Crippen LogP contribution in [0.25, 0.3) is 10.9 Å². The Labute approximate surface area is 111 Å². The molecule has 3 rings (SSSR count). The molecule has 2 aromatic heterocycles. The van der Waals surface area contributed by atoms with E-state index in [1.165, 1.54) is 0 Å². The molecule has 19 heavy (non-hydrogen) atoms. The van der Waals surface area contributed by atoms with E-state index in [0.29, 0.717) is 6.54 Å². The Hall–Kier alpha value is -2.49. The molecule has 0 saturated carbocycles. The molecule has 1 aromatic carbocycles. The standard InChI is InChI=1S/C15H14N4/c1-19(11-13-10-16-8-9-17-13)15-7-6-12-4-2-3-5-14(12)18-15/h2-10H,11H2,1H3. The third-order valence-electron chi connectivity index (χ3n) is 2.99. The quantitative estimate of drug-likeness (QED) is 0.716. The molecule has 94 valence electrons. The van der Waals surface area contributed by atoms with E-state index in [1.807, 2.05) is 31.3 Å². The molecule has 4 nitrogen and oxygen atoms in total. The molecule has 0 fully saturated rings. The maximum absolute atomic E-state index is 4.65. The summed E-state index contributed by atoms with van der Waals surface area (Å²) in [4.78, 5) is 15.1. The molecule has 0 bridgehead atoms. The molecular formula is C15H14N4. The van der Waals surface area contributed by atoms with Gasteiger partial charge in [-0.3, -0.25) is 9.97 Å². The molecule has 0 spiro atoms. The number of benzene rings is 1. The van der Waals surface area contributed by atoms with Crippen molar-refractivity contribution in [3.63, 3.8) is 0 Å². The SMILES string of the molecule is CN(Cc1cnccn1)c1ccc2ccccc2n1. The Morgan fingerprint density at radius 1 is 1.05 bits per heavy atom. The van der Waals surface area contributed by atoms with Crippen LogP contribution >= 0.6 is 0 Å². The zero-order valence-electron chi connectivity index (χ0n) is 10.7. The van der Waals surface area contributed by atoms with Crippen LogP contribution in [0.15, 0.2) is 55.0 Å². The summed E-state index contributed by atoms with van der Waals surface area (Å²) >= 11 is 0. The summed E-state index contributed by atoms with van der Waals surface area (Å²) in [6.45, 7) is 0.694. The maximum Gasteiger partial charge on any atom is 0.129 e. The second-order valence-corrected chi connectivity index (χ2v) is 4.41. The van der Waals surface area contributed by atoms with Gasteiger partial charge in [0.1, 0.15) is 5.82 Å². The summed E-state index contributed by atoms with van der Waals surface area (Å²) in [5, 5.41) is 1.15. The number of nitrogens with zero attached hydrogens (tertiary/aromatic N) is 4. The van der Waals surface area contributed by atoms with Crippen molar-refractivity contribution in [3.8, 4) is 0 Å². The van der Waals surface area contributed by atoms with E-state index >= 15 is 0 Å². The lowest BCUT2D eigenvalue weighted by atomic mass is 10.2. The first kappa shape index (κ1) is 11.6. The molecular weight excluding hydrogens is 236 g/mol. The molecule has 0 aliphatic carbocycles. The molecule has 0 saturated heterocycles. The van der Waals surface area contributed by atoms with Gasteiger partial charge in [-0.1, -0.05) is 18.2 Å². The van der Waals surface area contributed by atoms with Crippen molar-refractivity contribution in [2.24, 2.45) is 0 Å². The largest absolute Gasteiger partial charge is 0.354 e. The van der Waals surface area contributed by atoms with Crippen LogP contribution in [0, 0.1) is 0 Å². The van der Waals surface area contributed by atoms with Crippen LogP contribution in [0.1, 0.15) is 5.69 Å². The highest BCUT2D eigenvalue weighted by Gasteiger charge is 2.05. The van der Waals surface area contributed by atoms with Gasteiger partial charge in [0.05, 0.1) is 24.0 Å². The van der Waals surface area contributed by atoms with Crippen LogP contribution < -0.4 is 4.90 Å². The fourth-order valence-corrected chi connectivity index (χ4v) is 2.00. The molecule has 0 radical (unpaired) electrons. The van der Waals surface area contributed by atoms with E-state index in [2.05, 4.69) is 32.0 Å². The lowest BCUT2D eigenvalue weighted by molar-refractivity contribution is 0.859. The summed E-state index contributed by atoms with van der Waals surface area (Å²) in [6.07, 6.45) is 5.16. The van der Waals surface area contributed by atoms with Crippen LogP contribution in [0.5, 0.6) is 0 Å². The van der Waals surface area contributed by atoms with Crippen molar-refractivity contribution in [2.45, 2.75) is 6.54 Å². The van der Waals surface area contributed by atoms with Gasteiger partial charge in [0.2, 0.25) is 0 Å². The van der Waals surface area contributed by atoms with Crippen molar-refractivity contribution in [2.75, 3.05) is 11.9 Å². The highest BCUT2D eigenvalue weighted by atomic mass is 15.2. The predicted octanol–water partition coefficient (Wildman–Crippen LogP) is 2.66. The average molecular weight is 250 g/mol. The lowest BCUT2D eigenvalue weighted by Gasteiger charge is -2.17.